The number of aliphatic imine (C=N–C) groups is 1. The van der Waals surface area contributed by atoms with Gasteiger partial charge in [0.05, 0.1) is 35.0 Å². The van der Waals surface area contributed by atoms with E-state index in [9.17, 15) is 14.7 Å². The number of hydrogen-bond acceptors (Lipinski definition) is 5. The van der Waals surface area contributed by atoms with Gasteiger partial charge in [0.1, 0.15) is 5.71 Å². The molecule has 0 bridgehead atoms. The van der Waals surface area contributed by atoms with Gasteiger partial charge >= 0.3 is 5.97 Å². The first-order valence-electron chi connectivity index (χ1n) is 7.36. The molecular formula is C18H11BrN2O4. The topological polar surface area (TPSA) is 91.8 Å². The second-order valence-electron chi connectivity index (χ2n) is 5.55. The Hall–Kier alpha value is -2.93. The molecule has 124 valence electrons. The van der Waals surface area contributed by atoms with Gasteiger partial charge in [0.25, 0.3) is 0 Å². The molecule has 0 saturated heterocycles. The van der Waals surface area contributed by atoms with Gasteiger partial charge in [0.15, 0.2) is 5.88 Å². The van der Waals surface area contributed by atoms with E-state index in [4.69, 9.17) is 0 Å². The van der Waals surface area contributed by atoms with E-state index in [2.05, 4.69) is 30.6 Å². The first-order chi connectivity index (χ1) is 12.0. The van der Waals surface area contributed by atoms with E-state index >= 15 is 0 Å². The molecule has 1 aromatic heterocycles. The zero-order valence-corrected chi connectivity index (χ0v) is 14.5. The number of carbonyl (C=O) groups is 2. The molecule has 7 heteroatoms. The summed E-state index contributed by atoms with van der Waals surface area (Å²) < 4.78 is 5.53. The van der Waals surface area contributed by atoms with Crippen LogP contribution in [0.25, 0.3) is 10.9 Å². The molecule has 0 fully saturated rings. The summed E-state index contributed by atoms with van der Waals surface area (Å²) in [5.74, 6) is -0.995. The quantitative estimate of drug-likeness (QED) is 0.643. The number of rotatable bonds is 2. The molecule has 0 spiro atoms. The van der Waals surface area contributed by atoms with Crippen LogP contribution in [0, 0.1) is 0 Å². The van der Waals surface area contributed by atoms with Crippen LogP contribution in [0.4, 0.5) is 5.69 Å². The van der Waals surface area contributed by atoms with E-state index in [1.165, 1.54) is 13.2 Å². The largest absolute Gasteiger partial charge is 0.494 e. The Morgan fingerprint density at radius 1 is 1.24 bits per heavy atom. The molecule has 0 radical (unpaired) electrons. The lowest BCUT2D eigenvalue weighted by atomic mass is 10.0. The summed E-state index contributed by atoms with van der Waals surface area (Å²) in [5, 5.41) is 11.0. The third-order valence-electron chi connectivity index (χ3n) is 4.09. The Bertz CT molecular complexity index is 1100. The normalized spacial score (nSPS) is 13.0. The summed E-state index contributed by atoms with van der Waals surface area (Å²) >= 11 is 3.37. The molecule has 0 unspecified atom stereocenters. The van der Waals surface area contributed by atoms with E-state index in [0.717, 1.165) is 4.47 Å². The van der Waals surface area contributed by atoms with Crippen LogP contribution in [0.3, 0.4) is 0 Å². The number of nitrogens with one attached hydrogen (secondary N) is 1. The molecule has 2 heterocycles. The minimum atomic E-state index is -0.524. The number of carbonyl (C=O) groups excluding carboxylic acids is 2. The molecule has 3 aromatic rings. The molecule has 1 aliphatic heterocycles. The molecule has 0 atom stereocenters. The van der Waals surface area contributed by atoms with Gasteiger partial charge in [0, 0.05) is 9.86 Å². The summed E-state index contributed by atoms with van der Waals surface area (Å²) in [6.07, 6.45) is 0. The van der Waals surface area contributed by atoms with Gasteiger partial charge in [-0.05, 0) is 30.3 Å². The zero-order chi connectivity index (χ0) is 17.7. The van der Waals surface area contributed by atoms with Crippen LogP contribution in [0.15, 0.2) is 45.9 Å². The number of esters is 1. The average molecular weight is 399 g/mol. The number of Topliss-reactive ketones (excluding diaryl/α,β-unsaturated/α-hetero) is 1. The van der Waals surface area contributed by atoms with Crippen LogP contribution in [0.2, 0.25) is 0 Å². The van der Waals surface area contributed by atoms with Crippen LogP contribution in [0.1, 0.15) is 26.3 Å². The van der Waals surface area contributed by atoms with Crippen molar-refractivity contribution in [3.63, 3.8) is 0 Å². The maximum Gasteiger partial charge on any atom is 0.337 e. The van der Waals surface area contributed by atoms with Crippen molar-refractivity contribution in [3.8, 4) is 5.88 Å². The van der Waals surface area contributed by atoms with Gasteiger partial charge in [-0.15, -0.1) is 0 Å². The molecule has 0 aliphatic carbocycles. The third-order valence-corrected chi connectivity index (χ3v) is 4.58. The lowest BCUT2D eigenvalue weighted by molar-refractivity contribution is 0.0600. The summed E-state index contributed by atoms with van der Waals surface area (Å²) in [6.45, 7) is 0. The predicted octanol–water partition coefficient (Wildman–Crippen LogP) is 3.74. The van der Waals surface area contributed by atoms with Crippen LogP contribution in [-0.4, -0.2) is 34.7 Å². The smallest absolute Gasteiger partial charge is 0.337 e. The minimum Gasteiger partial charge on any atom is -0.494 e. The predicted molar refractivity (Wildman–Crippen MR) is 96.0 cm³/mol. The van der Waals surface area contributed by atoms with Crippen molar-refractivity contribution in [2.75, 3.05) is 7.11 Å². The average Bonchev–Trinajstić information content (AvgIpc) is 3.09. The van der Waals surface area contributed by atoms with Gasteiger partial charge < -0.3 is 14.8 Å². The SMILES string of the molecule is COC(=O)c1ccc2c(c1)C(=O)C(c1c(O)[nH]c3cc(Br)ccc13)=N2. The number of aromatic hydroxyl groups is 1. The number of methoxy groups -OCH3 is 1. The lowest BCUT2D eigenvalue weighted by Gasteiger charge is -2.01. The van der Waals surface area contributed by atoms with E-state index in [1.54, 1.807) is 24.3 Å². The van der Waals surface area contributed by atoms with Crippen molar-refractivity contribution >= 4 is 50.0 Å². The fourth-order valence-electron chi connectivity index (χ4n) is 2.92. The van der Waals surface area contributed by atoms with Crippen molar-refractivity contribution in [3.05, 3.63) is 57.6 Å². The highest BCUT2D eigenvalue weighted by Crippen LogP contribution is 2.36. The number of halogens is 1. The molecule has 0 amide bonds. The molecule has 6 nitrogen and oxygen atoms in total. The lowest BCUT2D eigenvalue weighted by Crippen LogP contribution is -2.11. The highest BCUT2D eigenvalue weighted by atomic mass is 79.9. The molecule has 0 saturated carbocycles. The van der Waals surface area contributed by atoms with Gasteiger partial charge in [-0.3, -0.25) is 4.79 Å². The first-order valence-corrected chi connectivity index (χ1v) is 8.15. The number of nitrogens with zero attached hydrogens (tertiary/aromatic N) is 1. The fourth-order valence-corrected chi connectivity index (χ4v) is 3.28. The van der Waals surface area contributed by atoms with E-state index in [0.29, 0.717) is 27.7 Å². The van der Waals surface area contributed by atoms with Gasteiger partial charge in [-0.25, -0.2) is 9.79 Å². The Morgan fingerprint density at radius 3 is 2.80 bits per heavy atom. The zero-order valence-electron chi connectivity index (χ0n) is 13.0. The molecule has 25 heavy (non-hydrogen) atoms. The van der Waals surface area contributed by atoms with Crippen molar-refractivity contribution in [1.82, 2.24) is 4.98 Å². The minimum absolute atomic E-state index is 0.124. The van der Waals surface area contributed by atoms with Crippen molar-refractivity contribution in [2.45, 2.75) is 0 Å². The third kappa shape index (κ3) is 2.35. The second kappa shape index (κ2) is 5.56. The first kappa shape index (κ1) is 15.6. The number of hydrogen-bond donors (Lipinski definition) is 2. The van der Waals surface area contributed by atoms with E-state index in [-0.39, 0.29) is 22.9 Å². The Morgan fingerprint density at radius 2 is 2.04 bits per heavy atom. The second-order valence-corrected chi connectivity index (χ2v) is 6.47. The number of aromatic amines is 1. The molecule has 1 aliphatic rings. The van der Waals surface area contributed by atoms with Crippen LogP contribution in [0.5, 0.6) is 5.88 Å². The van der Waals surface area contributed by atoms with Crippen LogP contribution in [-0.2, 0) is 4.74 Å². The monoisotopic (exact) mass is 398 g/mol. The Balaban J connectivity index is 1.85. The van der Waals surface area contributed by atoms with Crippen molar-refractivity contribution < 1.29 is 19.4 Å². The van der Waals surface area contributed by atoms with Gasteiger partial charge in [0.2, 0.25) is 5.78 Å². The van der Waals surface area contributed by atoms with E-state index in [1.807, 2.05) is 6.07 Å². The highest BCUT2D eigenvalue weighted by molar-refractivity contribution is 9.10. The van der Waals surface area contributed by atoms with Gasteiger partial charge in [-0.1, -0.05) is 22.0 Å². The standard InChI is InChI=1S/C18H11BrN2O4/c1-25-18(24)8-2-5-12-11(6-8)16(22)15(20-12)14-10-4-3-9(19)7-13(10)21-17(14)23/h2-7,21,23H,1H3. The fraction of sp³-hybridized carbons (Fsp3) is 0.0556. The Kier molecular flexibility index (Phi) is 3.47. The van der Waals surface area contributed by atoms with Crippen LogP contribution >= 0.6 is 15.9 Å². The number of fused-ring (bicyclic) bond motifs is 2. The molecular weight excluding hydrogens is 388 g/mol. The number of H-pyrrole nitrogens is 1. The van der Waals surface area contributed by atoms with Gasteiger partial charge in [-0.2, -0.15) is 0 Å². The molecule has 2 aromatic carbocycles. The number of aromatic nitrogens is 1. The Labute approximate surface area is 150 Å². The van der Waals surface area contributed by atoms with Crippen molar-refractivity contribution in [1.29, 1.82) is 0 Å². The molecule has 4 rings (SSSR count). The maximum atomic E-state index is 12.8. The van der Waals surface area contributed by atoms with E-state index < -0.39 is 5.97 Å². The molecule has 2 N–H and O–H groups in total. The summed E-state index contributed by atoms with van der Waals surface area (Å²) in [7, 11) is 1.28. The number of ketones is 1. The summed E-state index contributed by atoms with van der Waals surface area (Å²) in [6, 6.07) is 10.0. The number of ether oxygens (including phenoxy) is 1. The summed E-state index contributed by atoms with van der Waals surface area (Å²) in [4.78, 5) is 31.7. The van der Waals surface area contributed by atoms with Crippen LogP contribution < -0.4 is 0 Å². The summed E-state index contributed by atoms with van der Waals surface area (Å²) in [5.41, 5.74) is 2.22. The van der Waals surface area contributed by atoms with Crippen molar-refractivity contribution in [2.24, 2.45) is 4.99 Å². The number of benzene rings is 2. The highest BCUT2D eigenvalue weighted by Gasteiger charge is 2.31. The maximum absolute atomic E-state index is 12.8.